The van der Waals surface area contributed by atoms with Gasteiger partial charge >= 0.3 is 6.18 Å². The van der Waals surface area contributed by atoms with Gasteiger partial charge in [0.25, 0.3) is 5.91 Å². The van der Waals surface area contributed by atoms with Crippen molar-refractivity contribution < 1.29 is 18.0 Å². The lowest BCUT2D eigenvalue weighted by atomic mass is 9.98. The van der Waals surface area contributed by atoms with Crippen LogP contribution in [0, 0.1) is 11.8 Å². The van der Waals surface area contributed by atoms with E-state index in [9.17, 15) is 18.0 Å². The zero-order valence-corrected chi connectivity index (χ0v) is 15.6. The minimum Gasteiger partial charge on any atom is -0.368 e. The average molecular weight is 414 g/mol. The number of nitrogen functional groups attached to an aromatic ring is 1. The molecule has 3 rings (SSSR count). The normalized spacial score (nSPS) is 13.7. The number of alkyl halides is 3. The van der Waals surface area contributed by atoms with Crippen molar-refractivity contribution in [3.63, 3.8) is 0 Å². The van der Waals surface area contributed by atoms with Gasteiger partial charge < -0.3 is 11.1 Å². The van der Waals surface area contributed by atoms with Gasteiger partial charge in [-0.1, -0.05) is 30.1 Å². The predicted octanol–water partition coefficient (Wildman–Crippen LogP) is 3.69. The highest BCUT2D eigenvalue weighted by Crippen LogP contribution is 2.30. The fourth-order valence-electron chi connectivity index (χ4n) is 2.44. The Hall–Kier alpha value is -3.51. The summed E-state index contributed by atoms with van der Waals surface area (Å²) in [5.41, 5.74) is 5.93. The van der Waals surface area contributed by atoms with Gasteiger partial charge in [-0.15, -0.1) is 0 Å². The summed E-state index contributed by atoms with van der Waals surface area (Å²) in [4.78, 5) is 20.6. The summed E-state index contributed by atoms with van der Waals surface area (Å²) in [6.45, 7) is 0. The maximum absolute atomic E-state index is 12.8. The molecule has 1 heterocycles. The van der Waals surface area contributed by atoms with E-state index in [1.807, 2.05) is 0 Å². The molecule has 0 aliphatic heterocycles. The molecule has 146 valence electrons. The highest BCUT2D eigenvalue weighted by molar-refractivity contribution is 7.80. The molecule has 2 aromatic rings. The lowest BCUT2D eigenvalue weighted by Gasteiger charge is -2.13. The van der Waals surface area contributed by atoms with Gasteiger partial charge in [-0.3, -0.25) is 4.79 Å². The molecule has 1 aliphatic rings. The van der Waals surface area contributed by atoms with Crippen molar-refractivity contribution >= 4 is 34.6 Å². The van der Waals surface area contributed by atoms with E-state index >= 15 is 0 Å². The summed E-state index contributed by atoms with van der Waals surface area (Å²) in [5, 5.41) is 2.45. The molecule has 1 aliphatic carbocycles. The van der Waals surface area contributed by atoms with Crippen LogP contribution in [-0.4, -0.2) is 20.7 Å². The fraction of sp³-hybridized carbons (Fsp3) is 0.100. The maximum atomic E-state index is 12.8. The van der Waals surface area contributed by atoms with Crippen LogP contribution in [0.25, 0.3) is 0 Å². The van der Waals surface area contributed by atoms with E-state index in [2.05, 4.69) is 27.1 Å². The largest absolute Gasteiger partial charge is 0.416 e. The Kier molecular flexibility index (Phi) is 5.75. The van der Waals surface area contributed by atoms with Gasteiger partial charge in [0.2, 0.25) is 5.95 Å². The first-order valence-corrected chi connectivity index (χ1v) is 8.65. The highest BCUT2D eigenvalue weighted by atomic mass is 32.1. The van der Waals surface area contributed by atoms with Crippen molar-refractivity contribution in [2.45, 2.75) is 12.6 Å². The molecule has 0 spiro atoms. The SMILES string of the molecule is Nc1ncc(C#CC2=CC(C(=O)Nc3cccc(C(F)(F)F)c3)=CC(=S)C2)cn1. The monoisotopic (exact) mass is 414 g/mol. The Bertz CT molecular complexity index is 1090. The minimum absolute atomic E-state index is 0.0299. The van der Waals surface area contributed by atoms with E-state index in [1.54, 1.807) is 6.08 Å². The van der Waals surface area contributed by atoms with Crippen LogP contribution < -0.4 is 11.1 Å². The first-order chi connectivity index (χ1) is 13.7. The van der Waals surface area contributed by atoms with Crippen LogP contribution in [0.15, 0.2) is 60.0 Å². The van der Waals surface area contributed by atoms with Crippen LogP contribution in [-0.2, 0) is 11.0 Å². The molecule has 0 saturated heterocycles. The Morgan fingerprint density at radius 3 is 2.59 bits per heavy atom. The maximum Gasteiger partial charge on any atom is 0.416 e. The first-order valence-electron chi connectivity index (χ1n) is 8.24. The van der Waals surface area contributed by atoms with Crippen molar-refractivity contribution in [1.82, 2.24) is 9.97 Å². The topological polar surface area (TPSA) is 80.9 Å². The number of nitrogens with two attached hydrogens (primary N) is 1. The smallest absolute Gasteiger partial charge is 0.368 e. The zero-order valence-electron chi connectivity index (χ0n) is 14.7. The lowest BCUT2D eigenvalue weighted by Crippen LogP contribution is -2.17. The Balaban J connectivity index is 1.78. The molecule has 0 fully saturated rings. The molecule has 0 unspecified atom stereocenters. The molecule has 1 amide bonds. The zero-order chi connectivity index (χ0) is 21.0. The molecule has 29 heavy (non-hydrogen) atoms. The number of hydrogen-bond donors (Lipinski definition) is 2. The van der Waals surface area contributed by atoms with E-state index in [1.165, 1.54) is 30.6 Å². The van der Waals surface area contributed by atoms with Crippen LogP contribution >= 0.6 is 12.2 Å². The summed E-state index contributed by atoms with van der Waals surface area (Å²) < 4.78 is 38.5. The molecule has 0 saturated carbocycles. The Morgan fingerprint density at radius 2 is 1.90 bits per heavy atom. The number of carbonyl (C=O) groups is 1. The molecule has 0 bridgehead atoms. The summed E-state index contributed by atoms with van der Waals surface area (Å²) in [7, 11) is 0. The van der Waals surface area contributed by atoms with E-state index in [4.69, 9.17) is 18.0 Å². The van der Waals surface area contributed by atoms with Gasteiger partial charge in [-0.2, -0.15) is 13.2 Å². The van der Waals surface area contributed by atoms with Crippen LogP contribution in [0.2, 0.25) is 0 Å². The standard InChI is InChI=1S/C20H13F3N4OS/c21-20(22,23)15-2-1-3-16(9-15)27-18(28)14-6-12(7-17(29)8-14)4-5-13-10-25-19(24)26-11-13/h1-3,6,8-11H,7H2,(H,27,28)(H2,24,25,26). The van der Waals surface area contributed by atoms with Gasteiger partial charge in [-0.25, -0.2) is 9.97 Å². The number of rotatable bonds is 2. The summed E-state index contributed by atoms with van der Waals surface area (Å²) in [6, 6.07) is 4.39. The second-order valence-corrected chi connectivity index (χ2v) is 6.55. The second-order valence-electron chi connectivity index (χ2n) is 6.02. The molecule has 0 atom stereocenters. The average Bonchev–Trinajstić information content (AvgIpc) is 2.67. The predicted molar refractivity (Wildman–Crippen MR) is 107 cm³/mol. The Morgan fingerprint density at radius 1 is 1.17 bits per heavy atom. The molecular weight excluding hydrogens is 401 g/mol. The molecule has 9 heteroatoms. The van der Waals surface area contributed by atoms with E-state index in [0.717, 1.165) is 12.1 Å². The van der Waals surface area contributed by atoms with Gasteiger partial charge in [0.05, 0.1) is 11.1 Å². The number of halogens is 3. The quantitative estimate of drug-likeness (QED) is 0.579. The second kappa shape index (κ2) is 8.24. The number of thiocarbonyl (C=S) groups is 1. The molecule has 3 N–H and O–H groups in total. The molecule has 0 radical (unpaired) electrons. The number of carbonyl (C=O) groups excluding carboxylic acids is 1. The summed E-state index contributed by atoms with van der Waals surface area (Å²) >= 11 is 5.21. The van der Waals surface area contributed by atoms with Crippen LogP contribution in [0.3, 0.4) is 0 Å². The number of hydrogen-bond acceptors (Lipinski definition) is 5. The third kappa shape index (κ3) is 5.49. The van der Waals surface area contributed by atoms with Gasteiger partial charge in [0, 0.05) is 40.5 Å². The number of allylic oxidation sites excluding steroid dienone is 2. The molecule has 1 aromatic carbocycles. The van der Waals surface area contributed by atoms with Crippen LogP contribution in [0.1, 0.15) is 17.5 Å². The van der Waals surface area contributed by atoms with Crippen molar-refractivity contribution in [2.24, 2.45) is 0 Å². The number of anilines is 2. The van der Waals surface area contributed by atoms with E-state index in [0.29, 0.717) is 22.4 Å². The van der Waals surface area contributed by atoms with Crippen molar-refractivity contribution in [3.8, 4) is 11.8 Å². The Labute approximate surface area is 169 Å². The number of nitrogens with one attached hydrogen (secondary N) is 1. The number of aromatic nitrogens is 2. The third-order valence-corrected chi connectivity index (χ3v) is 4.02. The van der Waals surface area contributed by atoms with Crippen LogP contribution in [0.4, 0.5) is 24.8 Å². The van der Waals surface area contributed by atoms with Crippen molar-refractivity contribution in [2.75, 3.05) is 11.1 Å². The van der Waals surface area contributed by atoms with E-state index in [-0.39, 0.29) is 17.2 Å². The van der Waals surface area contributed by atoms with Crippen molar-refractivity contribution in [1.29, 1.82) is 0 Å². The minimum atomic E-state index is -4.50. The highest BCUT2D eigenvalue weighted by Gasteiger charge is 2.30. The van der Waals surface area contributed by atoms with Gasteiger partial charge in [0.15, 0.2) is 0 Å². The molecule has 1 aromatic heterocycles. The number of amides is 1. The number of benzene rings is 1. The summed E-state index contributed by atoms with van der Waals surface area (Å²) in [5.74, 6) is 5.30. The lowest BCUT2D eigenvalue weighted by molar-refractivity contribution is -0.137. The fourth-order valence-corrected chi connectivity index (χ4v) is 2.72. The number of nitrogens with zero attached hydrogens (tertiary/aromatic N) is 2. The molecule has 5 nitrogen and oxygen atoms in total. The molecular formula is C20H13F3N4OS. The van der Waals surface area contributed by atoms with Gasteiger partial charge in [0.1, 0.15) is 0 Å². The first kappa shape index (κ1) is 20.2. The van der Waals surface area contributed by atoms with Crippen molar-refractivity contribution in [3.05, 3.63) is 71.1 Å². The third-order valence-electron chi connectivity index (χ3n) is 3.76. The van der Waals surface area contributed by atoms with Gasteiger partial charge in [-0.05, 0) is 30.4 Å². The van der Waals surface area contributed by atoms with E-state index < -0.39 is 17.6 Å². The summed E-state index contributed by atoms with van der Waals surface area (Å²) in [6.07, 6.45) is 1.85. The van der Waals surface area contributed by atoms with Crippen LogP contribution in [0.5, 0.6) is 0 Å².